The Labute approximate surface area is 127 Å². The predicted octanol–water partition coefficient (Wildman–Crippen LogP) is 2.12. The van der Waals surface area contributed by atoms with Gasteiger partial charge in [0.15, 0.2) is 5.96 Å². The first-order valence-electron chi connectivity index (χ1n) is 6.86. The van der Waals surface area contributed by atoms with E-state index in [0.717, 1.165) is 19.0 Å². The van der Waals surface area contributed by atoms with Gasteiger partial charge in [-0.2, -0.15) is 0 Å². The van der Waals surface area contributed by atoms with E-state index in [4.69, 9.17) is 10.5 Å². The molecule has 0 aliphatic heterocycles. The smallest absolute Gasteiger partial charge is 0.188 e. The van der Waals surface area contributed by atoms with E-state index in [1.807, 2.05) is 0 Å². The van der Waals surface area contributed by atoms with Crippen LogP contribution in [0.15, 0.2) is 4.99 Å². The van der Waals surface area contributed by atoms with Crippen LogP contribution in [-0.4, -0.2) is 32.3 Å². The Hall–Kier alpha value is -0.0400. The van der Waals surface area contributed by atoms with E-state index in [0.29, 0.717) is 18.0 Å². The SMILES string of the molecule is COC1CCCC1CNC(N)=NCC1CCC1.I. The van der Waals surface area contributed by atoms with Crippen molar-refractivity contribution in [3.63, 3.8) is 0 Å². The summed E-state index contributed by atoms with van der Waals surface area (Å²) in [5, 5.41) is 3.24. The van der Waals surface area contributed by atoms with Gasteiger partial charge in [-0.1, -0.05) is 12.8 Å². The molecule has 4 nitrogen and oxygen atoms in total. The topological polar surface area (TPSA) is 59.6 Å². The van der Waals surface area contributed by atoms with Gasteiger partial charge >= 0.3 is 0 Å². The second-order valence-electron chi connectivity index (χ2n) is 5.37. The average Bonchev–Trinajstić information content (AvgIpc) is 2.71. The van der Waals surface area contributed by atoms with Crippen molar-refractivity contribution in [2.75, 3.05) is 20.2 Å². The van der Waals surface area contributed by atoms with Crippen LogP contribution in [0.3, 0.4) is 0 Å². The summed E-state index contributed by atoms with van der Waals surface area (Å²) in [5.41, 5.74) is 5.86. The maximum atomic E-state index is 5.86. The number of nitrogens with zero attached hydrogens (tertiary/aromatic N) is 1. The minimum atomic E-state index is 0. The molecular formula is C13H26IN3O. The monoisotopic (exact) mass is 367 g/mol. The molecule has 0 radical (unpaired) electrons. The Morgan fingerprint density at radius 3 is 2.61 bits per heavy atom. The van der Waals surface area contributed by atoms with Gasteiger partial charge in [0, 0.05) is 26.1 Å². The Balaban J connectivity index is 0.00000162. The molecule has 0 heterocycles. The van der Waals surface area contributed by atoms with E-state index in [1.54, 1.807) is 7.11 Å². The van der Waals surface area contributed by atoms with Crippen LogP contribution in [0.25, 0.3) is 0 Å². The first kappa shape index (κ1) is 16.0. The van der Waals surface area contributed by atoms with Crippen LogP contribution in [0.5, 0.6) is 0 Å². The third-order valence-corrected chi connectivity index (χ3v) is 4.18. The third-order valence-electron chi connectivity index (χ3n) is 4.18. The quantitative estimate of drug-likeness (QED) is 0.445. The van der Waals surface area contributed by atoms with E-state index in [-0.39, 0.29) is 24.0 Å². The molecule has 0 spiro atoms. The normalized spacial score (nSPS) is 28.6. The van der Waals surface area contributed by atoms with E-state index in [9.17, 15) is 0 Å². The molecule has 2 aliphatic carbocycles. The largest absolute Gasteiger partial charge is 0.381 e. The second-order valence-corrected chi connectivity index (χ2v) is 5.37. The molecule has 2 atom stereocenters. The summed E-state index contributed by atoms with van der Waals surface area (Å²) in [5.74, 6) is 1.99. The lowest BCUT2D eigenvalue weighted by atomic mass is 9.86. The molecule has 3 N–H and O–H groups in total. The maximum Gasteiger partial charge on any atom is 0.188 e. The van der Waals surface area contributed by atoms with Crippen LogP contribution in [0, 0.1) is 11.8 Å². The molecule has 2 saturated carbocycles. The number of hydrogen-bond donors (Lipinski definition) is 2. The Morgan fingerprint density at radius 1 is 1.28 bits per heavy atom. The number of rotatable bonds is 5. The van der Waals surface area contributed by atoms with Crippen molar-refractivity contribution in [1.29, 1.82) is 0 Å². The lowest BCUT2D eigenvalue weighted by Crippen LogP contribution is -2.38. The maximum absolute atomic E-state index is 5.86. The number of guanidine groups is 1. The second kappa shape index (κ2) is 8.19. The molecule has 0 saturated heterocycles. The molecular weight excluding hydrogens is 341 g/mol. The molecule has 5 heteroatoms. The van der Waals surface area contributed by atoms with Crippen molar-refractivity contribution < 1.29 is 4.74 Å². The minimum Gasteiger partial charge on any atom is -0.381 e. The zero-order valence-corrected chi connectivity index (χ0v) is 13.6. The van der Waals surface area contributed by atoms with Crippen LogP contribution in [0.1, 0.15) is 38.5 Å². The van der Waals surface area contributed by atoms with E-state index < -0.39 is 0 Å². The lowest BCUT2D eigenvalue weighted by Gasteiger charge is -2.23. The summed E-state index contributed by atoms with van der Waals surface area (Å²) < 4.78 is 5.46. The summed E-state index contributed by atoms with van der Waals surface area (Å²) in [4.78, 5) is 4.40. The molecule has 2 rings (SSSR count). The van der Waals surface area contributed by atoms with Gasteiger partial charge < -0.3 is 15.8 Å². The van der Waals surface area contributed by atoms with Crippen LogP contribution in [0.2, 0.25) is 0 Å². The Kier molecular flexibility index (Phi) is 7.29. The summed E-state index contributed by atoms with van der Waals surface area (Å²) in [6, 6.07) is 0. The number of ether oxygens (including phenoxy) is 1. The van der Waals surface area contributed by atoms with Gasteiger partial charge in [0.05, 0.1) is 6.10 Å². The Bertz CT molecular complexity index is 269. The molecule has 106 valence electrons. The number of hydrogen-bond acceptors (Lipinski definition) is 2. The molecule has 2 fully saturated rings. The molecule has 2 aliphatic rings. The highest BCUT2D eigenvalue weighted by Gasteiger charge is 2.26. The molecule has 0 aromatic carbocycles. The highest BCUT2D eigenvalue weighted by molar-refractivity contribution is 14.0. The summed E-state index contributed by atoms with van der Waals surface area (Å²) in [6.45, 7) is 1.80. The fourth-order valence-electron chi connectivity index (χ4n) is 2.74. The molecule has 0 amide bonds. The third kappa shape index (κ3) is 4.57. The Morgan fingerprint density at radius 2 is 2.00 bits per heavy atom. The zero-order chi connectivity index (χ0) is 12.1. The van der Waals surface area contributed by atoms with Crippen molar-refractivity contribution in [1.82, 2.24) is 5.32 Å². The fraction of sp³-hybridized carbons (Fsp3) is 0.923. The van der Waals surface area contributed by atoms with Gasteiger partial charge in [0.1, 0.15) is 0 Å². The molecule has 2 unspecified atom stereocenters. The van der Waals surface area contributed by atoms with Gasteiger partial charge in [-0.15, -0.1) is 24.0 Å². The lowest BCUT2D eigenvalue weighted by molar-refractivity contribution is 0.0726. The number of nitrogens with one attached hydrogen (secondary N) is 1. The summed E-state index contributed by atoms with van der Waals surface area (Å²) in [6.07, 6.45) is 8.11. The van der Waals surface area contributed by atoms with Crippen LogP contribution < -0.4 is 11.1 Å². The number of halogens is 1. The van der Waals surface area contributed by atoms with Crippen molar-refractivity contribution in [3.8, 4) is 0 Å². The van der Waals surface area contributed by atoms with E-state index in [1.165, 1.54) is 38.5 Å². The summed E-state index contributed by atoms with van der Waals surface area (Å²) >= 11 is 0. The minimum absolute atomic E-state index is 0. The number of methoxy groups -OCH3 is 1. The molecule has 0 bridgehead atoms. The van der Waals surface area contributed by atoms with Gasteiger partial charge in [-0.25, -0.2) is 0 Å². The van der Waals surface area contributed by atoms with E-state index >= 15 is 0 Å². The van der Waals surface area contributed by atoms with Crippen LogP contribution >= 0.6 is 24.0 Å². The molecule has 0 aromatic heterocycles. The first-order chi connectivity index (χ1) is 8.29. The van der Waals surface area contributed by atoms with Gasteiger partial charge in [-0.3, -0.25) is 4.99 Å². The average molecular weight is 367 g/mol. The predicted molar refractivity (Wildman–Crippen MR) is 85.4 cm³/mol. The zero-order valence-electron chi connectivity index (χ0n) is 11.2. The highest BCUT2D eigenvalue weighted by atomic mass is 127. The van der Waals surface area contributed by atoms with Gasteiger partial charge in [0.2, 0.25) is 0 Å². The molecule has 0 aromatic rings. The standard InChI is InChI=1S/C13H25N3O.HI/c1-17-12-7-3-6-11(12)9-16-13(14)15-8-10-4-2-5-10;/h10-12H,2-9H2,1H3,(H3,14,15,16);1H. The van der Waals surface area contributed by atoms with Gasteiger partial charge in [0.25, 0.3) is 0 Å². The van der Waals surface area contributed by atoms with Crippen molar-refractivity contribution in [2.45, 2.75) is 44.6 Å². The molecule has 18 heavy (non-hydrogen) atoms. The highest BCUT2D eigenvalue weighted by Crippen LogP contribution is 2.27. The van der Waals surface area contributed by atoms with Crippen LogP contribution in [0.4, 0.5) is 0 Å². The van der Waals surface area contributed by atoms with Gasteiger partial charge in [-0.05, 0) is 31.6 Å². The number of aliphatic imine (C=N–C) groups is 1. The van der Waals surface area contributed by atoms with Crippen LogP contribution in [-0.2, 0) is 4.74 Å². The van der Waals surface area contributed by atoms with Crippen molar-refractivity contribution in [2.24, 2.45) is 22.6 Å². The van der Waals surface area contributed by atoms with Crippen molar-refractivity contribution in [3.05, 3.63) is 0 Å². The first-order valence-corrected chi connectivity index (χ1v) is 6.86. The summed E-state index contributed by atoms with van der Waals surface area (Å²) in [7, 11) is 1.80. The van der Waals surface area contributed by atoms with E-state index in [2.05, 4.69) is 10.3 Å². The number of nitrogens with two attached hydrogens (primary N) is 1. The van der Waals surface area contributed by atoms with Crippen molar-refractivity contribution >= 4 is 29.9 Å². The fourth-order valence-corrected chi connectivity index (χ4v) is 2.74.